The monoisotopic (exact) mass is 225 g/mol. The van der Waals surface area contributed by atoms with E-state index >= 15 is 0 Å². The molecule has 0 radical (unpaired) electrons. The molecule has 0 bridgehead atoms. The summed E-state index contributed by atoms with van der Waals surface area (Å²) in [5.74, 6) is 1.22. The Morgan fingerprint density at radius 2 is 1.81 bits per heavy atom. The lowest BCUT2D eigenvalue weighted by molar-refractivity contribution is -0.132. The molecule has 0 aromatic rings. The molecule has 1 fully saturated rings. The number of carbonyl (C=O) groups excluding carboxylic acids is 1. The summed E-state index contributed by atoms with van der Waals surface area (Å²) in [5.41, 5.74) is 0. The highest BCUT2D eigenvalue weighted by atomic mass is 16.2. The minimum atomic E-state index is 0.337. The lowest BCUT2D eigenvalue weighted by Crippen LogP contribution is -2.38. The van der Waals surface area contributed by atoms with Gasteiger partial charge in [0, 0.05) is 19.5 Å². The van der Waals surface area contributed by atoms with Gasteiger partial charge < -0.3 is 4.90 Å². The summed E-state index contributed by atoms with van der Waals surface area (Å²) in [4.78, 5) is 13.5. The van der Waals surface area contributed by atoms with E-state index in [-0.39, 0.29) is 0 Å². The first kappa shape index (κ1) is 13.5. The number of amides is 1. The van der Waals surface area contributed by atoms with Crippen LogP contribution in [0.1, 0.15) is 65.2 Å². The van der Waals surface area contributed by atoms with E-state index in [1.807, 2.05) is 11.8 Å². The van der Waals surface area contributed by atoms with Crippen molar-refractivity contribution in [1.29, 1.82) is 0 Å². The third-order valence-electron chi connectivity index (χ3n) is 3.74. The van der Waals surface area contributed by atoms with Crippen LogP contribution in [-0.4, -0.2) is 23.9 Å². The van der Waals surface area contributed by atoms with Gasteiger partial charge in [-0.2, -0.15) is 0 Å². The molecule has 0 aromatic carbocycles. The second-order valence-electron chi connectivity index (χ2n) is 5.03. The lowest BCUT2D eigenvalue weighted by Gasteiger charge is -2.31. The Bertz CT molecular complexity index is 195. The summed E-state index contributed by atoms with van der Waals surface area (Å²) in [7, 11) is 0. The molecule has 2 heteroatoms. The molecule has 1 aliphatic heterocycles. The van der Waals surface area contributed by atoms with Crippen molar-refractivity contribution < 1.29 is 4.79 Å². The average molecular weight is 225 g/mol. The summed E-state index contributed by atoms with van der Waals surface area (Å²) < 4.78 is 0. The van der Waals surface area contributed by atoms with Gasteiger partial charge in [0.05, 0.1) is 0 Å². The zero-order valence-electron chi connectivity index (χ0n) is 11.0. The van der Waals surface area contributed by atoms with Crippen LogP contribution < -0.4 is 0 Å². The fraction of sp³-hybridized carbons (Fsp3) is 0.929. The zero-order valence-corrected chi connectivity index (χ0v) is 11.0. The molecule has 94 valence electrons. The molecular weight excluding hydrogens is 198 g/mol. The molecule has 1 heterocycles. The first-order chi connectivity index (χ1) is 7.77. The Hall–Kier alpha value is -0.530. The molecule has 0 aliphatic carbocycles. The molecule has 0 saturated carbocycles. The van der Waals surface area contributed by atoms with Crippen molar-refractivity contribution in [2.45, 2.75) is 65.2 Å². The Morgan fingerprint density at radius 3 is 2.38 bits per heavy atom. The molecule has 16 heavy (non-hydrogen) atoms. The number of hydrogen-bond acceptors (Lipinski definition) is 1. The third kappa shape index (κ3) is 4.54. The van der Waals surface area contributed by atoms with Crippen molar-refractivity contribution in [2.75, 3.05) is 13.1 Å². The van der Waals surface area contributed by atoms with Gasteiger partial charge in [0.1, 0.15) is 0 Å². The number of carbonyl (C=O) groups is 1. The van der Waals surface area contributed by atoms with Gasteiger partial charge in [-0.25, -0.2) is 0 Å². The van der Waals surface area contributed by atoms with Crippen molar-refractivity contribution in [2.24, 2.45) is 5.92 Å². The predicted molar refractivity (Wildman–Crippen MR) is 68.4 cm³/mol. The minimum Gasteiger partial charge on any atom is -0.343 e. The average Bonchev–Trinajstić information content (AvgIpc) is 2.34. The maximum atomic E-state index is 11.5. The quantitative estimate of drug-likeness (QED) is 0.632. The van der Waals surface area contributed by atoms with E-state index in [2.05, 4.69) is 6.92 Å². The predicted octanol–water partition coefficient (Wildman–Crippen LogP) is 3.61. The van der Waals surface area contributed by atoms with Crippen molar-refractivity contribution in [1.82, 2.24) is 4.90 Å². The second-order valence-corrected chi connectivity index (χ2v) is 5.03. The molecule has 2 nitrogen and oxygen atoms in total. The number of hydrogen-bond donors (Lipinski definition) is 0. The van der Waals surface area contributed by atoms with E-state index in [0.29, 0.717) is 12.3 Å². The topological polar surface area (TPSA) is 20.3 Å². The fourth-order valence-electron chi connectivity index (χ4n) is 2.55. The third-order valence-corrected chi connectivity index (χ3v) is 3.74. The molecule has 1 amide bonds. The fourth-order valence-corrected chi connectivity index (χ4v) is 2.55. The first-order valence-corrected chi connectivity index (χ1v) is 7.05. The molecule has 0 aromatic heterocycles. The van der Waals surface area contributed by atoms with Gasteiger partial charge in [-0.1, -0.05) is 46.0 Å². The Morgan fingerprint density at radius 1 is 1.12 bits per heavy atom. The van der Waals surface area contributed by atoms with Gasteiger partial charge in [-0.05, 0) is 18.8 Å². The smallest absolute Gasteiger partial charge is 0.222 e. The van der Waals surface area contributed by atoms with E-state index in [1.165, 1.54) is 44.9 Å². The van der Waals surface area contributed by atoms with Gasteiger partial charge in [0.25, 0.3) is 0 Å². The number of piperidine rings is 1. The Labute approximate surface area is 100 Å². The van der Waals surface area contributed by atoms with E-state index in [0.717, 1.165) is 19.0 Å². The van der Waals surface area contributed by atoms with Gasteiger partial charge >= 0.3 is 0 Å². The van der Waals surface area contributed by atoms with E-state index in [4.69, 9.17) is 0 Å². The van der Waals surface area contributed by atoms with Gasteiger partial charge in [-0.3, -0.25) is 4.79 Å². The van der Waals surface area contributed by atoms with Crippen LogP contribution in [0.4, 0.5) is 0 Å². The van der Waals surface area contributed by atoms with Gasteiger partial charge in [0.2, 0.25) is 5.91 Å². The lowest BCUT2D eigenvalue weighted by atomic mass is 9.91. The molecule has 0 spiro atoms. The molecular formula is C14H27NO. The van der Waals surface area contributed by atoms with Crippen molar-refractivity contribution >= 4 is 5.91 Å². The van der Waals surface area contributed by atoms with Gasteiger partial charge in [-0.15, -0.1) is 0 Å². The summed E-state index contributed by atoms with van der Waals surface area (Å²) in [6.45, 7) is 6.23. The SMILES string of the molecule is CCCCCCC1CCN(C(=O)CC)CC1. The number of rotatable bonds is 6. The number of unbranched alkanes of at least 4 members (excludes halogenated alkanes) is 3. The summed E-state index contributed by atoms with van der Waals surface area (Å²) >= 11 is 0. The zero-order chi connectivity index (χ0) is 11.8. The summed E-state index contributed by atoms with van der Waals surface area (Å²) in [6, 6.07) is 0. The normalized spacial score (nSPS) is 17.8. The van der Waals surface area contributed by atoms with Crippen molar-refractivity contribution in [3.8, 4) is 0 Å². The maximum absolute atomic E-state index is 11.5. The Balaban J connectivity index is 2.10. The number of nitrogens with zero attached hydrogens (tertiary/aromatic N) is 1. The van der Waals surface area contributed by atoms with Crippen molar-refractivity contribution in [3.63, 3.8) is 0 Å². The van der Waals surface area contributed by atoms with Crippen LogP contribution in [0.3, 0.4) is 0 Å². The minimum absolute atomic E-state index is 0.337. The van der Waals surface area contributed by atoms with Crippen LogP contribution in [0.15, 0.2) is 0 Å². The molecule has 1 rings (SSSR count). The molecule has 0 N–H and O–H groups in total. The van der Waals surface area contributed by atoms with Crippen LogP contribution >= 0.6 is 0 Å². The van der Waals surface area contributed by atoms with Crippen molar-refractivity contribution in [3.05, 3.63) is 0 Å². The highest BCUT2D eigenvalue weighted by Gasteiger charge is 2.21. The molecule has 0 unspecified atom stereocenters. The van der Waals surface area contributed by atoms with Crippen LogP contribution in [-0.2, 0) is 4.79 Å². The Kier molecular flexibility index (Phi) is 6.51. The largest absolute Gasteiger partial charge is 0.343 e. The number of likely N-dealkylation sites (tertiary alicyclic amines) is 1. The van der Waals surface area contributed by atoms with E-state index in [9.17, 15) is 4.79 Å². The van der Waals surface area contributed by atoms with Crippen LogP contribution in [0.2, 0.25) is 0 Å². The standard InChI is InChI=1S/C14H27NO/c1-3-5-6-7-8-13-9-11-15(12-10-13)14(16)4-2/h13H,3-12H2,1-2H3. The maximum Gasteiger partial charge on any atom is 0.222 e. The second kappa shape index (κ2) is 7.70. The van der Waals surface area contributed by atoms with Crippen LogP contribution in [0.5, 0.6) is 0 Å². The first-order valence-electron chi connectivity index (χ1n) is 7.05. The summed E-state index contributed by atoms with van der Waals surface area (Å²) in [5, 5.41) is 0. The van der Waals surface area contributed by atoms with E-state index in [1.54, 1.807) is 0 Å². The molecule has 1 aliphatic rings. The summed E-state index contributed by atoms with van der Waals surface area (Å²) in [6.07, 6.45) is 10.0. The van der Waals surface area contributed by atoms with Gasteiger partial charge in [0.15, 0.2) is 0 Å². The van der Waals surface area contributed by atoms with Crippen LogP contribution in [0, 0.1) is 5.92 Å². The molecule has 1 saturated heterocycles. The van der Waals surface area contributed by atoms with Crippen LogP contribution in [0.25, 0.3) is 0 Å². The molecule has 0 atom stereocenters. The highest BCUT2D eigenvalue weighted by Crippen LogP contribution is 2.23. The van der Waals surface area contributed by atoms with E-state index < -0.39 is 0 Å². The highest BCUT2D eigenvalue weighted by molar-refractivity contribution is 5.75.